The van der Waals surface area contributed by atoms with Crippen molar-refractivity contribution in [2.24, 2.45) is 4.99 Å². The molecular weight excluding hydrogens is 340 g/mol. The Morgan fingerprint density at radius 1 is 1.35 bits per heavy atom. The van der Waals surface area contributed by atoms with E-state index in [0.29, 0.717) is 5.56 Å². The van der Waals surface area contributed by atoms with Gasteiger partial charge in [-0.2, -0.15) is 0 Å². The maximum absolute atomic E-state index is 14.6. The van der Waals surface area contributed by atoms with E-state index in [4.69, 9.17) is 9.47 Å². The smallest absolute Gasteiger partial charge is 0.251 e. The molecule has 0 N–H and O–H groups in total. The number of aromatic nitrogens is 1. The number of aryl methyl sites for hydroxylation is 1. The topological polar surface area (TPSA) is 47.0 Å². The summed E-state index contributed by atoms with van der Waals surface area (Å²) in [5.74, 6) is -1.16. The molecule has 26 heavy (non-hydrogen) atoms. The molecule has 1 fully saturated rings. The Labute approximate surface area is 151 Å². The van der Waals surface area contributed by atoms with Gasteiger partial charge < -0.3 is 14.4 Å². The Bertz CT molecular complexity index is 822. The van der Waals surface area contributed by atoms with Gasteiger partial charge in [-0.05, 0) is 43.7 Å². The first-order chi connectivity index (χ1) is 12.4. The van der Waals surface area contributed by atoms with Crippen molar-refractivity contribution in [2.45, 2.75) is 19.4 Å². The molecule has 5 nitrogen and oxygen atoms in total. The second-order valence-electron chi connectivity index (χ2n) is 6.32. The highest BCUT2D eigenvalue weighted by molar-refractivity contribution is 5.62. The Morgan fingerprint density at radius 2 is 2.12 bits per heavy atom. The molecule has 3 rings (SSSR count). The van der Waals surface area contributed by atoms with E-state index in [-0.39, 0.29) is 24.8 Å². The second-order valence-corrected chi connectivity index (χ2v) is 6.32. The van der Waals surface area contributed by atoms with E-state index in [2.05, 4.69) is 9.98 Å². The van der Waals surface area contributed by atoms with Gasteiger partial charge in [0.05, 0.1) is 19.6 Å². The van der Waals surface area contributed by atoms with Gasteiger partial charge in [-0.15, -0.1) is 0 Å². The number of halogens is 2. The number of rotatable bonds is 6. The first-order valence-corrected chi connectivity index (χ1v) is 8.37. The van der Waals surface area contributed by atoms with Gasteiger partial charge in [0.2, 0.25) is 0 Å². The highest BCUT2D eigenvalue weighted by Crippen LogP contribution is 2.38. The normalized spacial score (nSPS) is 15.7. The number of benzene rings is 1. The second kappa shape index (κ2) is 7.37. The minimum atomic E-state index is -0.956. The fraction of sp³-hybridized carbons (Fsp3) is 0.368. The molecule has 1 saturated heterocycles. The Hall–Kier alpha value is -2.54. The van der Waals surface area contributed by atoms with Crippen molar-refractivity contribution < 1.29 is 18.3 Å². The third kappa shape index (κ3) is 3.53. The van der Waals surface area contributed by atoms with Crippen LogP contribution >= 0.6 is 0 Å². The first-order valence-electron chi connectivity index (χ1n) is 8.37. The summed E-state index contributed by atoms with van der Waals surface area (Å²) in [4.78, 5) is 9.95. The van der Waals surface area contributed by atoms with Crippen LogP contribution in [0.25, 0.3) is 0 Å². The summed E-state index contributed by atoms with van der Waals surface area (Å²) in [6, 6.07) is 5.79. The molecule has 1 aliphatic rings. The van der Waals surface area contributed by atoms with Crippen LogP contribution < -0.4 is 4.74 Å². The zero-order chi connectivity index (χ0) is 18.7. The summed E-state index contributed by atoms with van der Waals surface area (Å²) in [5.41, 5.74) is 0.681. The van der Waals surface area contributed by atoms with Crippen LogP contribution in [0.2, 0.25) is 0 Å². The van der Waals surface area contributed by atoms with Gasteiger partial charge in [0.25, 0.3) is 5.88 Å². The van der Waals surface area contributed by atoms with Gasteiger partial charge >= 0.3 is 0 Å². The molecule has 0 bridgehead atoms. The molecular formula is C19H21F2N3O2. The Kier molecular flexibility index (Phi) is 5.18. The lowest BCUT2D eigenvalue weighted by molar-refractivity contribution is -0.171. The highest BCUT2D eigenvalue weighted by atomic mass is 19.1. The summed E-state index contributed by atoms with van der Waals surface area (Å²) in [7, 11) is 1.86. The van der Waals surface area contributed by atoms with Gasteiger partial charge in [-0.3, -0.25) is 0 Å². The van der Waals surface area contributed by atoms with Crippen LogP contribution in [0, 0.1) is 18.6 Å². The molecule has 0 radical (unpaired) electrons. The van der Waals surface area contributed by atoms with Crippen LogP contribution in [0.1, 0.15) is 18.1 Å². The van der Waals surface area contributed by atoms with E-state index >= 15 is 0 Å². The van der Waals surface area contributed by atoms with Gasteiger partial charge in [-0.25, -0.2) is 18.8 Å². The van der Waals surface area contributed by atoms with E-state index in [0.717, 1.165) is 12.1 Å². The van der Waals surface area contributed by atoms with Crippen molar-refractivity contribution in [3.05, 3.63) is 53.2 Å². The van der Waals surface area contributed by atoms with Crippen molar-refractivity contribution in [3.63, 3.8) is 0 Å². The maximum Gasteiger partial charge on any atom is 0.251 e. The van der Waals surface area contributed by atoms with Crippen molar-refractivity contribution in [3.8, 4) is 5.88 Å². The average Bonchev–Trinajstić information content (AvgIpc) is 2.60. The van der Waals surface area contributed by atoms with E-state index in [1.54, 1.807) is 12.4 Å². The molecule has 2 heterocycles. The van der Waals surface area contributed by atoms with E-state index in [1.807, 2.05) is 25.8 Å². The number of aliphatic imine (C=N–C) groups is 1. The van der Waals surface area contributed by atoms with Crippen molar-refractivity contribution in [1.29, 1.82) is 0 Å². The SMILES string of the molecule is CCN(C)C=Nc1cc(C)c(C2(Oc3ncccc3F)COC2)cc1F. The van der Waals surface area contributed by atoms with E-state index in [1.165, 1.54) is 24.4 Å². The first kappa shape index (κ1) is 18.3. The fourth-order valence-corrected chi connectivity index (χ4v) is 2.69. The number of hydrogen-bond acceptors (Lipinski definition) is 4. The fourth-order valence-electron chi connectivity index (χ4n) is 2.69. The predicted molar refractivity (Wildman–Crippen MR) is 94.9 cm³/mol. The number of hydrogen-bond donors (Lipinski definition) is 0. The Balaban J connectivity index is 1.93. The Morgan fingerprint density at radius 3 is 2.73 bits per heavy atom. The number of ether oxygens (including phenoxy) is 2. The summed E-state index contributed by atoms with van der Waals surface area (Å²) in [6.07, 6.45) is 3.03. The largest absolute Gasteiger partial charge is 0.459 e. The highest BCUT2D eigenvalue weighted by Gasteiger charge is 2.45. The van der Waals surface area contributed by atoms with Crippen LogP contribution in [0.3, 0.4) is 0 Å². The minimum Gasteiger partial charge on any atom is -0.459 e. The molecule has 138 valence electrons. The molecule has 7 heteroatoms. The molecule has 2 aromatic rings. The van der Waals surface area contributed by atoms with Crippen molar-refractivity contribution in [1.82, 2.24) is 9.88 Å². The van der Waals surface area contributed by atoms with Gasteiger partial charge in [0.15, 0.2) is 11.4 Å². The minimum absolute atomic E-state index is 0.123. The van der Waals surface area contributed by atoms with E-state index in [9.17, 15) is 8.78 Å². The van der Waals surface area contributed by atoms with Gasteiger partial charge in [0, 0.05) is 25.4 Å². The molecule has 0 saturated carbocycles. The summed E-state index contributed by atoms with van der Waals surface area (Å²) in [6.45, 7) is 4.99. The summed E-state index contributed by atoms with van der Waals surface area (Å²) >= 11 is 0. The zero-order valence-corrected chi connectivity index (χ0v) is 15.0. The summed E-state index contributed by atoms with van der Waals surface area (Å²) < 4.78 is 39.6. The molecule has 1 aromatic carbocycles. The van der Waals surface area contributed by atoms with Crippen LogP contribution in [0.5, 0.6) is 5.88 Å². The van der Waals surface area contributed by atoms with Crippen LogP contribution in [-0.4, -0.2) is 43.0 Å². The van der Waals surface area contributed by atoms with Crippen molar-refractivity contribution >= 4 is 12.0 Å². The van der Waals surface area contributed by atoms with Gasteiger partial charge in [0.1, 0.15) is 11.5 Å². The van der Waals surface area contributed by atoms with Crippen LogP contribution in [-0.2, 0) is 10.3 Å². The molecule has 0 unspecified atom stereocenters. The van der Waals surface area contributed by atoms with Gasteiger partial charge in [-0.1, -0.05) is 0 Å². The monoisotopic (exact) mass is 361 g/mol. The molecule has 1 aliphatic heterocycles. The molecule has 0 aliphatic carbocycles. The summed E-state index contributed by atoms with van der Waals surface area (Å²) in [5, 5.41) is 0. The predicted octanol–water partition coefficient (Wildman–Crippen LogP) is 3.58. The quantitative estimate of drug-likeness (QED) is 0.583. The maximum atomic E-state index is 14.6. The molecule has 1 aromatic heterocycles. The lowest BCUT2D eigenvalue weighted by atomic mass is 9.87. The lowest BCUT2D eigenvalue weighted by Gasteiger charge is -2.42. The average molecular weight is 361 g/mol. The lowest BCUT2D eigenvalue weighted by Crippen LogP contribution is -2.52. The van der Waals surface area contributed by atoms with Crippen LogP contribution in [0.4, 0.5) is 14.5 Å². The number of nitrogens with zero attached hydrogens (tertiary/aromatic N) is 3. The molecule has 0 spiro atoms. The third-order valence-electron chi connectivity index (χ3n) is 4.36. The standard InChI is InChI=1S/C19H21F2N3O2/c1-4-24(3)12-23-17-8-13(2)14(9-16(17)21)19(10-25-11-19)26-18-15(20)6-5-7-22-18/h5-9,12H,4,10-11H2,1-3H3. The van der Waals surface area contributed by atoms with Crippen molar-refractivity contribution in [2.75, 3.05) is 26.8 Å². The van der Waals surface area contributed by atoms with Crippen LogP contribution in [0.15, 0.2) is 35.5 Å². The third-order valence-corrected chi connectivity index (χ3v) is 4.36. The molecule has 0 atom stereocenters. The molecule has 0 amide bonds. The zero-order valence-electron chi connectivity index (χ0n) is 15.0. The van der Waals surface area contributed by atoms with E-state index < -0.39 is 17.2 Å². The number of pyridine rings is 1.